The number of aliphatic hydroxyl groups excluding tert-OH is 1. The van der Waals surface area contributed by atoms with Crippen molar-refractivity contribution in [3.63, 3.8) is 0 Å². The molecule has 10 atom stereocenters. The second kappa shape index (κ2) is 18.3. The molecular weight excluding hydrogens is 658 g/mol. The number of aliphatic hydroxyl groups is 1. The van der Waals surface area contributed by atoms with E-state index in [1.54, 1.807) is 13.8 Å². The van der Waals surface area contributed by atoms with E-state index in [-0.39, 0.29) is 13.0 Å². The molecule has 2 aliphatic heterocycles. The number of primary amides is 1. The highest BCUT2D eigenvalue weighted by atomic mass is 16.3. The van der Waals surface area contributed by atoms with Gasteiger partial charge in [-0.3, -0.25) is 43.2 Å². The Labute approximate surface area is 290 Å². The van der Waals surface area contributed by atoms with Gasteiger partial charge in [0.1, 0.15) is 48.3 Å². The Morgan fingerprint density at radius 2 is 1.16 bits per heavy atom. The van der Waals surface area contributed by atoms with Crippen LogP contribution in [0.2, 0.25) is 0 Å². The largest absolute Gasteiger partial charge is 0.391 e. The zero-order valence-corrected chi connectivity index (χ0v) is 29.5. The van der Waals surface area contributed by atoms with E-state index in [0.29, 0.717) is 12.8 Å². The maximum absolute atomic E-state index is 13.4. The zero-order valence-electron chi connectivity index (χ0n) is 29.5. The summed E-state index contributed by atoms with van der Waals surface area (Å²) in [6.07, 6.45) is -1.05. The van der Waals surface area contributed by atoms with Crippen molar-refractivity contribution >= 4 is 53.2 Å². The van der Waals surface area contributed by atoms with Crippen molar-refractivity contribution in [3.8, 4) is 0 Å². The van der Waals surface area contributed by atoms with Crippen molar-refractivity contribution in [1.82, 2.24) is 42.1 Å². The van der Waals surface area contributed by atoms with Crippen molar-refractivity contribution in [2.24, 2.45) is 11.7 Å². The number of amides is 9. The highest BCUT2D eigenvalue weighted by Gasteiger charge is 2.39. The van der Waals surface area contributed by atoms with Gasteiger partial charge in [-0.25, -0.2) is 0 Å². The van der Waals surface area contributed by atoms with Crippen LogP contribution in [-0.2, 0) is 43.2 Å². The molecule has 0 saturated carbocycles. The Balaban J connectivity index is 2.47. The van der Waals surface area contributed by atoms with E-state index < -0.39 is 120 Å². The lowest BCUT2D eigenvalue weighted by molar-refractivity contribution is -0.142. The Kier molecular flexibility index (Phi) is 15.1. The molecule has 0 aromatic carbocycles. The van der Waals surface area contributed by atoms with Gasteiger partial charge in [0.05, 0.1) is 12.5 Å². The van der Waals surface area contributed by atoms with E-state index >= 15 is 0 Å². The molecule has 0 aromatic heterocycles. The van der Waals surface area contributed by atoms with Crippen molar-refractivity contribution in [2.75, 3.05) is 6.54 Å². The van der Waals surface area contributed by atoms with Gasteiger partial charge in [-0.1, -0.05) is 20.3 Å². The Morgan fingerprint density at radius 3 is 1.66 bits per heavy atom. The standard InChI is InChI=1S/C31H51N9O10/c1-8-13(2)22-29(48)34-14(3)24(43)36-17(6)31(50)40-11-9-10-20(40)28(47)37-19(12-21(32)42)27(46)33-15(4)26(45)39-23(18(7)41)30(49)35-16(5)25(44)38-22/h13-20,22-23,41H,8-12H2,1-7H3,(H2,32,42)(H,33,46)(H,34,48)(H,35,49)(H,36,43)(H,37,47)(H,38,44)(H,39,45)/t13-,14-,15-,16-,17-,18+,19-,20-,22-,23-/m0/s1. The first-order chi connectivity index (χ1) is 23.3. The highest BCUT2D eigenvalue weighted by molar-refractivity contribution is 5.99. The molecular formula is C31H51N9O10. The van der Waals surface area contributed by atoms with E-state index in [9.17, 15) is 48.3 Å². The normalized spacial score (nSPS) is 31.3. The van der Waals surface area contributed by atoms with Gasteiger partial charge in [-0.15, -0.1) is 0 Å². The number of carbonyl (C=O) groups is 9. The third-order valence-electron chi connectivity index (χ3n) is 8.72. The summed E-state index contributed by atoms with van der Waals surface area (Å²) < 4.78 is 0. The van der Waals surface area contributed by atoms with Gasteiger partial charge < -0.3 is 53.0 Å². The maximum atomic E-state index is 13.4. The monoisotopic (exact) mass is 709 g/mol. The van der Waals surface area contributed by atoms with Gasteiger partial charge >= 0.3 is 0 Å². The Morgan fingerprint density at radius 1 is 0.700 bits per heavy atom. The number of nitrogens with one attached hydrogen (secondary N) is 7. The summed E-state index contributed by atoms with van der Waals surface area (Å²) in [6.45, 7) is 10.2. The first-order valence-electron chi connectivity index (χ1n) is 16.7. The first-order valence-corrected chi connectivity index (χ1v) is 16.7. The average Bonchev–Trinajstić information content (AvgIpc) is 3.53. The molecule has 19 heteroatoms. The maximum Gasteiger partial charge on any atom is 0.245 e. The van der Waals surface area contributed by atoms with E-state index in [2.05, 4.69) is 37.2 Å². The van der Waals surface area contributed by atoms with Gasteiger partial charge in [0.25, 0.3) is 0 Å². The van der Waals surface area contributed by atoms with Crippen molar-refractivity contribution in [3.05, 3.63) is 0 Å². The molecule has 0 bridgehead atoms. The second-order valence-electron chi connectivity index (χ2n) is 12.9. The highest BCUT2D eigenvalue weighted by Crippen LogP contribution is 2.19. The van der Waals surface area contributed by atoms with Gasteiger partial charge in [0.2, 0.25) is 53.2 Å². The van der Waals surface area contributed by atoms with Gasteiger partial charge in [0, 0.05) is 6.54 Å². The molecule has 0 spiro atoms. The molecule has 10 N–H and O–H groups in total. The lowest BCUT2D eigenvalue weighted by Gasteiger charge is -2.30. The molecule has 280 valence electrons. The summed E-state index contributed by atoms with van der Waals surface area (Å²) in [5.74, 6) is -7.81. The van der Waals surface area contributed by atoms with Gasteiger partial charge in [-0.05, 0) is 53.4 Å². The molecule has 0 aliphatic carbocycles. The fourth-order valence-electron chi connectivity index (χ4n) is 5.41. The van der Waals surface area contributed by atoms with Crippen LogP contribution in [0.5, 0.6) is 0 Å². The van der Waals surface area contributed by atoms with Crippen LogP contribution in [0.25, 0.3) is 0 Å². The number of hydrogen-bond donors (Lipinski definition) is 9. The second-order valence-corrected chi connectivity index (χ2v) is 12.9. The van der Waals surface area contributed by atoms with Crippen molar-refractivity contribution in [2.45, 2.75) is 129 Å². The molecule has 9 amide bonds. The molecule has 0 aromatic rings. The minimum atomic E-state index is -1.59. The molecule has 2 aliphatic rings. The lowest BCUT2D eigenvalue weighted by atomic mass is 9.97. The van der Waals surface area contributed by atoms with Gasteiger partial charge in [-0.2, -0.15) is 0 Å². The molecule has 19 nitrogen and oxygen atoms in total. The lowest BCUT2D eigenvalue weighted by Crippen LogP contribution is -2.62. The van der Waals surface area contributed by atoms with E-state index in [1.165, 1.54) is 39.5 Å². The fraction of sp³-hybridized carbons (Fsp3) is 0.710. The summed E-state index contributed by atoms with van der Waals surface area (Å²) in [6, 6.07) is -10.3. The number of nitrogens with two attached hydrogens (primary N) is 1. The molecule has 2 heterocycles. The van der Waals surface area contributed by atoms with Crippen LogP contribution >= 0.6 is 0 Å². The SMILES string of the molecule is CC[C@H](C)[C@@H]1NC(=O)[C@H](C)NC(=O)[C@H]([C@@H](C)O)NC(=O)[C@H](C)NC(=O)[C@H](CC(N)=O)NC(=O)[C@@H]2CCCN2C(=O)[C@H](C)NC(=O)[C@H](C)NC1=O. The minimum Gasteiger partial charge on any atom is -0.391 e. The third-order valence-corrected chi connectivity index (χ3v) is 8.72. The zero-order chi connectivity index (χ0) is 38.0. The Hall–Kier alpha value is -4.81. The molecule has 0 radical (unpaired) electrons. The van der Waals surface area contributed by atoms with Crippen molar-refractivity contribution < 1.29 is 48.3 Å². The van der Waals surface area contributed by atoms with Crippen LogP contribution < -0.4 is 43.0 Å². The summed E-state index contributed by atoms with van der Waals surface area (Å²) in [7, 11) is 0. The quantitative estimate of drug-likeness (QED) is 0.133. The van der Waals surface area contributed by atoms with E-state index in [4.69, 9.17) is 5.73 Å². The number of carbonyl (C=O) groups excluding carboxylic acids is 9. The average molecular weight is 710 g/mol. The fourth-order valence-corrected chi connectivity index (χ4v) is 5.41. The minimum absolute atomic E-state index is 0.153. The smallest absolute Gasteiger partial charge is 0.245 e. The predicted molar refractivity (Wildman–Crippen MR) is 176 cm³/mol. The summed E-state index contributed by atoms with van der Waals surface area (Å²) >= 11 is 0. The number of nitrogens with zero attached hydrogens (tertiary/aromatic N) is 1. The summed E-state index contributed by atoms with van der Waals surface area (Å²) in [5, 5.41) is 27.4. The van der Waals surface area contributed by atoms with Crippen LogP contribution in [0.4, 0.5) is 0 Å². The molecule has 2 rings (SSSR count). The predicted octanol–water partition coefficient (Wildman–Crippen LogP) is -4.23. The van der Waals surface area contributed by atoms with Gasteiger partial charge in [0.15, 0.2) is 0 Å². The summed E-state index contributed by atoms with van der Waals surface area (Å²) in [4.78, 5) is 119. The number of fused-ring (bicyclic) bond motifs is 1. The van der Waals surface area contributed by atoms with Crippen LogP contribution in [-0.4, -0.2) is 124 Å². The molecule has 0 unspecified atom stereocenters. The van der Waals surface area contributed by atoms with Crippen LogP contribution in [0.3, 0.4) is 0 Å². The van der Waals surface area contributed by atoms with Crippen LogP contribution in [0.15, 0.2) is 0 Å². The molecule has 2 saturated heterocycles. The van der Waals surface area contributed by atoms with Crippen LogP contribution in [0.1, 0.15) is 74.1 Å². The Bertz CT molecular complexity index is 1340. The van der Waals surface area contributed by atoms with E-state index in [1.807, 2.05) is 0 Å². The topological polar surface area (TPSA) is 287 Å². The number of rotatable bonds is 5. The van der Waals surface area contributed by atoms with Crippen molar-refractivity contribution in [1.29, 1.82) is 0 Å². The summed E-state index contributed by atoms with van der Waals surface area (Å²) in [5.41, 5.74) is 5.31. The van der Waals surface area contributed by atoms with Crippen LogP contribution in [0, 0.1) is 5.92 Å². The van der Waals surface area contributed by atoms with E-state index in [0.717, 1.165) is 0 Å². The molecule has 2 fully saturated rings. The first kappa shape index (κ1) is 41.4. The molecule has 50 heavy (non-hydrogen) atoms. The third kappa shape index (κ3) is 11.1. The number of hydrogen-bond acceptors (Lipinski definition) is 10.